The number of rotatable bonds is 34. The number of aliphatic hydroxyl groups is 1. The smallest absolute Gasteiger partial charge is 0.305 e. The minimum absolute atomic E-state index is 0.00456. The zero-order valence-corrected chi connectivity index (χ0v) is 27.7. The number of allylic oxidation sites excluding steroid dienone is 4. The van der Waals surface area contributed by atoms with Crippen LogP contribution in [0.3, 0.4) is 0 Å². The summed E-state index contributed by atoms with van der Waals surface area (Å²) in [4.78, 5) is 11.9. The van der Waals surface area contributed by atoms with Gasteiger partial charge in [0.2, 0.25) is 0 Å². The van der Waals surface area contributed by atoms with Crippen LogP contribution < -0.4 is 0 Å². The van der Waals surface area contributed by atoms with Gasteiger partial charge in [-0.2, -0.15) is 0 Å². The quantitative estimate of drug-likeness (QED) is 0.0471. The molecular formula is C38H72O3. The summed E-state index contributed by atoms with van der Waals surface area (Å²) in [6.45, 7) is 3.22. The highest BCUT2D eigenvalue weighted by Crippen LogP contribution is 2.15. The van der Waals surface area contributed by atoms with Crippen molar-refractivity contribution in [2.45, 2.75) is 200 Å². The monoisotopic (exact) mass is 577 g/mol. The van der Waals surface area contributed by atoms with Crippen LogP contribution in [0, 0.1) is 0 Å². The molecule has 0 aliphatic heterocycles. The van der Waals surface area contributed by atoms with Gasteiger partial charge in [0, 0.05) is 13.0 Å². The van der Waals surface area contributed by atoms with Crippen LogP contribution in [-0.2, 0) is 9.53 Å². The molecule has 0 aromatic carbocycles. The molecule has 41 heavy (non-hydrogen) atoms. The lowest BCUT2D eigenvalue weighted by Crippen LogP contribution is -2.05. The molecule has 242 valence electrons. The number of unbranched alkanes of at least 4 members (excludes halogenated alkanes) is 25. The molecule has 3 nitrogen and oxygen atoms in total. The Balaban J connectivity index is 3.20. The van der Waals surface area contributed by atoms with E-state index in [0.717, 1.165) is 32.1 Å². The van der Waals surface area contributed by atoms with Gasteiger partial charge in [0.25, 0.3) is 0 Å². The third kappa shape index (κ3) is 36.9. The average molecular weight is 577 g/mol. The second kappa shape index (κ2) is 36.9. The van der Waals surface area contributed by atoms with Gasteiger partial charge in [-0.1, -0.05) is 166 Å². The van der Waals surface area contributed by atoms with Crippen LogP contribution in [0.1, 0.15) is 200 Å². The summed E-state index contributed by atoms with van der Waals surface area (Å²) >= 11 is 0. The first-order chi connectivity index (χ1) is 20.3. The van der Waals surface area contributed by atoms with Crippen molar-refractivity contribution < 1.29 is 14.6 Å². The molecule has 0 fully saturated rings. The zero-order valence-electron chi connectivity index (χ0n) is 27.7. The summed E-state index contributed by atoms with van der Waals surface area (Å²) in [6, 6.07) is 0. The number of esters is 1. The van der Waals surface area contributed by atoms with Crippen LogP contribution >= 0.6 is 0 Å². The molecule has 0 saturated heterocycles. The summed E-state index contributed by atoms with van der Waals surface area (Å²) in [6.07, 6.45) is 46.8. The van der Waals surface area contributed by atoms with E-state index in [1.165, 1.54) is 154 Å². The van der Waals surface area contributed by atoms with Crippen molar-refractivity contribution in [2.24, 2.45) is 0 Å². The Morgan fingerprint density at radius 2 is 0.878 bits per heavy atom. The normalized spacial score (nSPS) is 11.8. The Hall–Kier alpha value is -1.09. The van der Waals surface area contributed by atoms with E-state index in [0.29, 0.717) is 19.6 Å². The van der Waals surface area contributed by atoms with Crippen LogP contribution in [-0.4, -0.2) is 24.3 Å². The van der Waals surface area contributed by atoms with Crippen molar-refractivity contribution in [2.75, 3.05) is 13.2 Å². The number of ether oxygens (including phenoxy) is 1. The first-order valence-corrected chi connectivity index (χ1v) is 18.4. The molecule has 0 atom stereocenters. The molecule has 0 aromatic rings. The molecule has 1 N–H and O–H groups in total. The largest absolute Gasteiger partial charge is 0.466 e. The molecule has 0 heterocycles. The van der Waals surface area contributed by atoms with E-state index in [9.17, 15) is 4.79 Å². The maximum atomic E-state index is 11.9. The van der Waals surface area contributed by atoms with Crippen molar-refractivity contribution in [1.82, 2.24) is 0 Å². The minimum Gasteiger partial charge on any atom is -0.466 e. The maximum absolute atomic E-state index is 11.9. The second-order valence-electron chi connectivity index (χ2n) is 12.3. The van der Waals surface area contributed by atoms with Gasteiger partial charge in [0.15, 0.2) is 0 Å². The topological polar surface area (TPSA) is 46.5 Å². The Morgan fingerprint density at radius 3 is 1.34 bits per heavy atom. The van der Waals surface area contributed by atoms with Crippen molar-refractivity contribution in [3.05, 3.63) is 24.3 Å². The summed E-state index contributed by atoms with van der Waals surface area (Å²) in [5.74, 6) is 0.00456. The van der Waals surface area contributed by atoms with Gasteiger partial charge in [0.05, 0.1) is 6.61 Å². The fraction of sp³-hybridized carbons (Fsp3) is 0.868. The highest BCUT2D eigenvalue weighted by Gasteiger charge is 2.02. The average Bonchev–Trinajstić information content (AvgIpc) is 2.98. The molecule has 0 bridgehead atoms. The van der Waals surface area contributed by atoms with Gasteiger partial charge < -0.3 is 9.84 Å². The third-order valence-corrected chi connectivity index (χ3v) is 8.15. The van der Waals surface area contributed by atoms with E-state index < -0.39 is 0 Å². The van der Waals surface area contributed by atoms with Crippen LogP contribution in [0.15, 0.2) is 24.3 Å². The third-order valence-electron chi connectivity index (χ3n) is 8.15. The Kier molecular flexibility index (Phi) is 36.0. The Bertz CT molecular complexity index is 554. The Morgan fingerprint density at radius 1 is 0.488 bits per heavy atom. The molecule has 0 unspecified atom stereocenters. The van der Waals surface area contributed by atoms with E-state index in [-0.39, 0.29) is 5.97 Å². The molecule has 0 aromatic heterocycles. The Labute approximate surface area is 257 Å². The second-order valence-corrected chi connectivity index (χ2v) is 12.3. The van der Waals surface area contributed by atoms with Crippen LogP contribution in [0.25, 0.3) is 0 Å². The molecule has 0 radical (unpaired) electrons. The zero-order chi connectivity index (χ0) is 29.7. The van der Waals surface area contributed by atoms with Crippen molar-refractivity contribution in [3.63, 3.8) is 0 Å². The fourth-order valence-corrected chi connectivity index (χ4v) is 5.38. The van der Waals surface area contributed by atoms with Gasteiger partial charge in [-0.3, -0.25) is 4.79 Å². The predicted molar refractivity (Wildman–Crippen MR) is 181 cm³/mol. The van der Waals surface area contributed by atoms with Crippen LogP contribution in [0.5, 0.6) is 0 Å². The van der Waals surface area contributed by atoms with Gasteiger partial charge in [-0.25, -0.2) is 0 Å². The minimum atomic E-state index is 0.00456. The lowest BCUT2D eigenvalue weighted by atomic mass is 10.0. The molecule has 0 saturated carbocycles. The lowest BCUT2D eigenvalue weighted by Gasteiger charge is -2.05. The van der Waals surface area contributed by atoms with E-state index in [2.05, 4.69) is 31.2 Å². The van der Waals surface area contributed by atoms with Gasteiger partial charge in [-0.05, 0) is 51.4 Å². The van der Waals surface area contributed by atoms with Crippen LogP contribution in [0.2, 0.25) is 0 Å². The fourth-order valence-electron chi connectivity index (χ4n) is 5.38. The van der Waals surface area contributed by atoms with Crippen molar-refractivity contribution in [3.8, 4) is 0 Å². The maximum Gasteiger partial charge on any atom is 0.305 e. The summed E-state index contributed by atoms with van der Waals surface area (Å²) in [5.41, 5.74) is 0. The van der Waals surface area contributed by atoms with Gasteiger partial charge in [-0.15, -0.1) is 0 Å². The molecule has 0 amide bonds. The summed E-state index contributed by atoms with van der Waals surface area (Å²) in [5, 5.41) is 8.78. The van der Waals surface area contributed by atoms with E-state index in [4.69, 9.17) is 9.84 Å². The first kappa shape index (κ1) is 39.9. The highest BCUT2D eigenvalue weighted by atomic mass is 16.5. The number of carbonyl (C=O) groups excluding carboxylic acids is 1. The van der Waals surface area contributed by atoms with E-state index in [1.807, 2.05) is 0 Å². The van der Waals surface area contributed by atoms with Crippen molar-refractivity contribution >= 4 is 5.97 Å². The standard InChI is InChI=1S/C38H72O3/c1-2-3-4-5-6-7-8-9-14-17-20-23-26-29-32-35-38(40)41-37-34-31-28-25-22-19-16-13-11-10-12-15-18-21-24-27-30-33-36-39/h6-7,9,14,39H,2-5,8,10-13,15-37H2,1H3/b7-6-,14-9-. The number of hydrogen-bond acceptors (Lipinski definition) is 3. The SMILES string of the molecule is CCCCC/C=C\C/C=C\CCCCCCCC(=O)OCCCCCCCCCCCCCCCCCCCCO. The van der Waals surface area contributed by atoms with E-state index in [1.54, 1.807) is 0 Å². The lowest BCUT2D eigenvalue weighted by molar-refractivity contribution is -0.143. The number of aliphatic hydroxyl groups excluding tert-OH is 1. The molecule has 0 spiro atoms. The predicted octanol–water partition coefficient (Wildman–Crippen LogP) is 12.4. The van der Waals surface area contributed by atoms with E-state index >= 15 is 0 Å². The molecule has 0 aliphatic rings. The number of hydrogen-bond donors (Lipinski definition) is 1. The van der Waals surface area contributed by atoms with Gasteiger partial charge in [0.1, 0.15) is 0 Å². The first-order valence-electron chi connectivity index (χ1n) is 18.4. The summed E-state index contributed by atoms with van der Waals surface area (Å²) < 4.78 is 5.43. The highest BCUT2D eigenvalue weighted by molar-refractivity contribution is 5.69. The number of carbonyl (C=O) groups is 1. The molecular weight excluding hydrogens is 504 g/mol. The molecule has 0 aliphatic carbocycles. The molecule has 3 heteroatoms. The van der Waals surface area contributed by atoms with Crippen molar-refractivity contribution in [1.29, 1.82) is 0 Å². The van der Waals surface area contributed by atoms with Gasteiger partial charge >= 0.3 is 5.97 Å². The summed E-state index contributed by atoms with van der Waals surface area (Å²) in [7, 11) is 0. The molecule has 0 rings (SSSR count). The van der Waals surface area contributed by atoms with Crippen LogP contribution in [0.4, 0.5) is 0 Å².